The van der Waals surface area contributed by atoms with Crippen LogP contribution in [0.1, 0.15) is 0 Å². The predicted octanol–water partition coefficient (Wildman–Crippen LogP) is 5.46. The molecule has 0 fully saturated rings. The van der Waals surface area contributed by atoms with Crippen molar-refractivity contribution in [2.45, 2.75) is 0 Å². The predicted molar refractivity (Wildman–Crippen MR) is 115 cm³/mol. The Bertz CT molecular complexity index is 1510. The number of nitrogens with one attached hydrogen (secondary N) is 1. The lowest BCUT2D eigenvalue weighted by Crippen LogP contribution is -1.98. The maximum atomic E-state index is 13.3. The molecule has 2 aliphatic rings. The molecule has 2 heterocycles. The molecule has 1 aliphatic heterocycles. The van der Waals surface area contributed by atoms with Gasteiger partial charge in [0.25, 0.3) is 0 Å². The van der Waals surface area contributed by atoms with Gasteiger partial charge in [0.15, 0.2) is 5.43 Å². The third-order valence-corrected chi connectivity index (χ3v) is 6.20. The number of nitrogens with zero attached hydrogens (tertiary/aromatic N) is 2. The number of fused-ring (bicyclic) bond motifs is 5. The molecule has 1 aromatic heterocycles. The summed E-state index contributed by atoms with van der Waals surface area (Å²) in [5.74, 6) is 0.701. The normalized spacial score (nSPS) is 11.7. The van der Waals surface area contributed by atoms with Crippen molar-refractivity contribution in [2.75, 3.05) is 0 Å². The van der Waals surface area contributed by atoms with Crippen LogP contribution in [0.3, 0.4) is 0 Å². The summed E-state index contributed by atoms with van der Waals surface area (Å²) in [5.41, 5.74) is 4.06. The second-order valence-corrected chi connectivity index (χ2v) is 7.76. The van der Waals surface area contributed by atoms with Gasteiger partial charge in [0.05, 0.1) is 37.4 Å². The molecule has 28 heavy (non-hydrogen) atoms. The van der Waals surface area contributed by atoms with E-state index in [2.05, 4.69) is 4.98 Å². The van der Waals surface area contributed by atoms with E-state index in [1.165, 1.54) is 0 Å². The van der Waals surface area contributed by atoms with Crippen LogP contribution in [0.2, 0.25) is 0 Å². The van der Waals surface area contributed by atoms with Crippen LogP contribution in [0.5, 0.6) is 0 Å². The molecule has 4 aromatic rings. The fraction of sp³-hybridized carbons (Fsp3) is 0. The Morgan fingerprint density at radius 1 is 0.750 bits per heavy atom. The molecule has 5 heteroatoms. The van der Waals surface area contributed by atoms with Gasteiger partial charge in [-0.25, -0.2) is 9.97 Å². The average molecular weight is 379 g/mol. The Labute approximate surface area is 163 Å². The van der Waals surface area contributed by atoms with Crippen LogP contribution in [0, 0.1) is 0 Å². The zero-order chi connectivity index (χ0) is 18.7. The Morgan fingerprint density at radius 3 is 2.32 bits per heavy atom. The summed E-state index contributed by atoms with van der Waals surface area (Å²) in [6, 6.07) is 23.6. The summed E-state index contributed by atoms with van der Waals surface area (Å²) in [4.78, 5) is 27.2. The van der Waals surface area contributed by atoms with E-state index in [9.17, 15) is 4.79 Å². The van der Waals surface area contributed by atoms with Gasteiger partial charge in [0, 0.05) is 10.8 Å². The van der Waals surface area contributed by atoms with Crippen molar-refractivity contribution >= 4 is 43.4 Å². The van der Waals surface area contributed by atoms with E-state index in [4.69, 9.17) is 9.97 Å². The molecule has 0 radical (unpaired) electrons. The SMILES string of the molecule is O=c1c2c(-c3nc4ccccc4[nH]3)sc3ccccc3nc-2c2ccccc12. The standard InChI is InChI=1S/C23H13N3OS/c27-21-14-8-2-1-7-13(14)20-19(21)22(28-18-12-6-5-11-17(18)24-20)23-25-15-9-3-4-10-16(15)26-23/h1-12H,(H,25,26). The molecule has 0 amide bonds. The first-order chi connectivity index (χ1) is 13.8. The Balaban J connectivity index is 1.84. The van der Waals surface area contributed by atoms with Gasteiger partial charge in [0.2, 0.25) is 0 Å². The van der Waals surface area contributed by atoms with Crippen LogP contribution in [-0.2, 0) is 0 Å². The summed E-state index contributed by atoms with van der Waals surface area (Å²) in [5, 5.41) is 1.58. The van der Waals surface area contributed by atoms with Crippen molar-refractivity contribution < 1.29 is 0 Å². The second-order valence-electron chi connectivity index (χ2n) is 6.71. The molecule has 132 valence electrons. The minimum atomic E-state index is 0.00473. The summed E-state index contributed by atoms with van der Waals surface area (Å²) in [6.07, 6.45) is 0. The topological polar surface area (TPSA) is 58.6 Å². The molecule has 0 spiro atoms. The highest BCUT2D eigenvalue weighted by Gasteiger charge is 2.23. The highest BCUT2D eigenvalue weighted by atomic mass is 32.1. The first-order valence-corrected chi connectivity index (χ1v) is 9.81. The van der Waals surface area contributed by atoms with Gasteiger partial charge >= 0.3 is 0 Å². The molecule has 4 nitrogen and oxygen atoms in total. The van der Waals surface area contributed by atoms with E-state index in [1.807, 2.05) is 72.8 Å². The number of aromatic amines is 1. The first-order valence-electron chi connectivity index (χ1n) is 8.99. The van der Waals surface area contributed by atoms with Crippen LogP contribution < -0.4 is 5.43 Å². The summed E-state index contributed by atoms with van der Waals surface area (Å²) >= 11 is 1.55. The third kappa shape index (κ3) is 2.14. The van der Waals surface area contributed by atoms with E-state index < -0.39 is 0 Å². The highest BCUT2D eigenvalue weighted by molar-refractivity contribution is 7.21. The van der Waals surface area contributed by atoms with Crippen LogP contribution in [0.15, 0.2) is 77.6 Å². The van der Waals surface area contributed by atoms with Gasteiger partial charge in [-0.15, -0.1) is 11.3 Å². The second kappa shape index (κ2) is 5.71. The fourth-order valence-corrected chi connectivity index (χ4v) is 4.81. The fourth-order valence-electron chi connectivity index (χ4n) is 3.74. The van der Waals surface area contributed by atoms with Gasteiger partial charge in [0.1, 0.15) is 5.82 Å². The van der Waals surface area contributed by atoms with Crippen molar-refractivity contribution in [3.63, 3.8) is 0 Å². The summed E-state index contributed by atoms with van der Waals surface area (Å²) < 4.78 is 1.01. The molecule has 0 unspecified atom stereocenters. The average Bonchev–Trinajstić information content (AvgIpc) is 3.22. The molecule has 1 N–H and O–H groups in total. The van der Waals surface area contributed by atoms with E-state index in [0.717, 1.165) is 37.2 Å². The van der Waals surface area contributed by atoms with E-state index >= 15 is 0 Å². The largest absolute Gasteiger partial charge is 0.337 e. The van der Waals surface area contributed by atoms with Gasteiger partial charge in [-0.3, -0.25) is 4.79 Å². The lowest BCUT2D eigenvalue weighted by molar-refractivity contribution is 1.35. The maximum absolute atomic E-state index is 13.3. The van der Waals surface area contributed by atoms with Crippen molar-refractivity contribution in [3.05, 3.63) is 83.0 Å². The molecule has 0 atom stereocenters. The lowest BCUT2D eigenvalue weighted by Gasteiger charge is -1.98. The number of hydrogen-bond acceptors (Lipinski definition) is 4. The molecular formula is C23H13N3OS. The van der Waals surface area contributed by atoms with Crippen molar-refractivity contribution in [1.82, 2.24) is 15.0 Å². The number of imidazole rings is 1. The van der Waals surface area contributed by atoms with Gasteiger partial charge in [-0.2, -0.15) is 0 Å². The summed E-state index contributed by atoms with van der Waals surface area (Å²) in [6.45, 7) is 0. The smallest absolute Gasteiger partial charge is 0.197 e. The molecule has 0 bridgehead atoms. The first kappa shape index (κ1) is 15.5. The number of benzene rings is 3. The minimum absolute atomic E-state index is 0.00473. The Morgan fingerprint density at radius 2 is 1.46 bits per heavy atom. The number of rotatable bonds is 1. The molecule has 1 aliphatic carbocycles. The van der Waals surface area contributed by atoms with Crippen LogP contribution in [0.25, 0.3) is 54.0 Å². The number of hydrogen-bond donors (Lipinski definition) is 1. The van der Waals surface area contributed by atoms with Crippen LogP contribution in [0.4, 0.5) is 0 Å². The van der Waals surface area contributed by atoms with Crippen LogP contribution in [-0.4, -0.2) is 15.0 Å². The molecular weight excluding hydrogens is 366 g/mol. The molecule has 0 saturated carbocycles. The van der Waals surface area contributed by atoms with Gasteiger partial charge in [-0.1, -0.05) is 48.5 Å². The van der Waals surface area contributed by atoms with E-state index in [1.54, 1.807) is 11.3 Å². The van der Waals surface area contributed by atoms with Gasteiger partial charge in [-0.05, 0) is 24.3 Å². The quantitative estimate of drug-likeness (QED) is 0.413. The Hall–Kier alpha value is -3.57. The van der Waals surface area contributed by atoms with Crippen molar-refractivity contribution in [3.8, 4) is 22.0 Å². The van der Waals surface area contributed by atoms with Crippen molar-refractivity contribution in [2.24, 2.45) is 0 Å². The zero-order valence-electron chi connectivity index (χ0n) is 14.6. The third-order valence-electron chi connectivity index (χ3n) is 5.03. The van der Waals surface area contributed by atoms with Crippen LogP contribution >= 0.6 is 11.3 Å². The van der Waals surface area contributed by atoms with E-state index in [0.29, 0.717) is 16.8 Å². The molecule has 3 aromatic carbocycles. The monoisotopic (exact) mass is 379 g/mol. The summed E-state index contributed by atoms with van der Waals surface area (Å²) in [7, 11) is 0. The molecule has 0 saturated heterocycles. The van der Waals surface area contributed by atoms with Crippen molar-refractivity contribution in [1.29, 1.82) is 0 Å². The lowest BCUT2D eigenvalue weighted by atomic mass is 10.2. The minimum Gasteiger partial charge on any atom is -0.337 e. The van der Waals surface area contributed by atoms with Gasteiger partial charge < -0.3 is 4.98 Å². The van der Waals surface area contributed by atoms with E-state index in [-0.39, 0.29) is 5.43 Å². The molecule has 6 rings (SSSR count). The maximum Gasteiger partial charge on any atom is 0.197 e. The highest BCUT2D eigenvalue weighted by Crippen LogP contribution is 2.39. The number of aromatic nitrogens is 3. The Kier molecular flexibility index (Phi) is 3.16. The number of para-hydroxylation sites is 3. The zero-order valence-corrected chi connectivity index (χ0v) is 15.5. The number of H-pyrrole nitrogens is 1.